The molecule has 0 bridgehead atoms. The fourth-order valence-electron chi connectivity index (χ4n) is 9.58. The van der Waals surface area contributed by atoms with Gasteiger partial charge in [-0.25, -0.2) is 14.8 Å². The molecule has 15 heteroatoms. The predicted molar refractivity (Wildman–Crippen MR) is 234 cm³/mol. The highest BCUT2D eigenvalue weighted by atomic mass is 16.7. The molecule has 5 unspecified atom stereocenters. The molecule has 3 saturated heterocycles. The quantitative estimate of drug-likeness (QED) is 0.0413. The van der Waals surface area contributed by atoms with Gasteiger partial charge in [-0.3, -0.25) is 4.79 Å². The number of carbonyl (C=O) groups excluding carboxylic acids is 2. The molecule has 5 heterocycles. The number of quaternary nitrogens is 1. The third-order valence-corrected chi connectivity index (χ3v) is 13.0. The fraction of sp³-hybridized carbons (Fsp3) is 0.354. The first-order chi connectivity index (χ1) is 30.6. The van der Waals surface area contributed by atoms with Crippen molar-refractivity contribution in [2.75, 3.05) is 33.4 Å². The minimum Gasteiger partial charge on any atom is -0.453 e. The number of aromatic amines is 2. The van der Waals surface area contributed by atoms with Crippen LogP contribution in [-0.4, -0.2) is 102 Å². The normalized spacial score (nSPS) is 20.2. The molecule has 15 nitrogen and oxygen atoms in total. The molecule has 5 atom stereocenters. The Kier molecular flexibility index (Phi) is 11.7. The molecule has 0 aliphatic carbocycles. The van der Waals surface area contributed by atoms with Gasteiger partial charge >= 0.3 is 12.2 Å². The fourth-order valence-corrected chi connectivity index (χ4v) is 9.58. The average Bonchev–Trinajstić information content (AvgIpc) is 4.17. The number of benzene rings is 4. The number of hydrogen-bond donors (Lipinski definition) is 5. The molecule has 4 aromatic carbocycles. The summed E-state index contributed by atoms with van der Waals surface area (Å²) in [4.78, 5) is 57.3. The summed E-state index contributed by atoms with van der Waals surface area (Å²) in [6.07, 6.45) is 4.20. The zero-order chi connectivity index (χ0) is 43.7. The summed E-state index contributed by atoms with van der Waals surface area (Å²) in [5, 5.41) is 28.6. The van der Waals surface area contributed by atoms with Crippen LogP contribution < -0.4 is 5.32 Å². The summed E-state index contributed by atoms with van der Waals surface area (Å²) in [6, 6.07) is 25.0. The Balaban J connectivity index is 0.890. The van der Waals surface area contributed by atoms with Crippen LogP contribution in [0.1, 0.15) is 91.9 Å². The number of rotatable bonds is 9. The number of carboxylic acid groups (broad SMARTS) is 1. The molecule has 5 N–H and O–H groups in total. The third-order valence-electron chi connectivity index (χ3n) is 13.0. The predicted octanol–water partition coefficient (Wildman–Crippen LogP) is 8.02. The molecule has 3 aliphatic rings. The van der Waals surface area contributed by atoms with Crippen molar-refractivity contribution in [3.63, 3.8) is 0 Å². The lowest BCUT2D eigenvalue weighted by molar-refractivity contribution is -1.15. The summed E-state index contributed by atoms with van der Waals surface area (Å²) in [5.74, 6) is 7.71. The van der Waals surface area contributed by atoms with Gasteiger partial charge in [0.15, 0.2) is 6.04 Å². The number of carbonyl (C=O) groups is 3. The molecule has 3 fully saturated rings. The molecule has 3 aliphatic heterocycles. The van der Waals surface area contributed by atoms with E-state index >= 15 is 0 Å². The lowest BCUT2D eigenvalue weighted by atomic mass is 9.92. The summed E-state index contributed by atoms with van der Waals surface area (Å²) in [6.45, 7) is 3.94. The summed E-state index contributed by atoms with van der Waals surface area (Å²) >= 11 is 0. The number of ether oxygens (including phenoxy) is 2. The molecule has 9 rings (SSSR count). The van der Waals surface area contributed by atoms with E-state index in [2.05, 4.69) is 32.1 Å². The Morgan fingerprint density at radius 1 is 0.889 bits per heavy atom. The van der Waals surface area contributed by atoms with Crippen molar-refractivity contribution in [3.05, 3.63) is 119 Å². The molecule has 2 aromatic heterocycles. The number of imidazole rings is 2. The molecule has 324 valence electrons. The largest absolute Gasteiger partial charge is 0.568 e. The molecular formula is C48H51N8O7+. The van der Waals surface area contributed by atoms with E-state index in [1.807, 2.05) is 91.9 Å². The van der Waals surface area contributed by atoms with Crippen molar-refractivity contribution in [1.82, 2.24) is 35.2 Å². The number of aromatic nitrogens is 4. The molecule has 3 amide bonds. The Hall–Kier alpha value is -6.57. The van der Waals surface area contributed by atoms with E-state index in [4.69, 9.17) is 14.5 Å². The van der Waals surface area contributed by atoms with E-state index in [-0.39, 0.29) is 17.9 Å². The van der Waals surface area contributed by atoms with Gasteiger partial charge in [-0.2, -0.15) is 10.0 Å². The highest BCUT2D eigenvalue weighted by Crippen LogP contribution is 2.40. The van der Waals surface area contributed by atoms with Gasteiger partial charge in [0.05, 0.1) is 42.6 Å². The first-order valence-corrected chi connectivity index (χ1v) is 21.6. The number of likely N-dealkylation sites (tertiary alicyclic amines) is 1. The molecule has 0 saturated carbocycles. The molecular weight excluding hydrogens is 801 g/mol. The number of methoxy groups -OCH3 is 1. The van der Waals surface area contributed by atoms with Gasteiger partial charge in [-0.05, 0) is 97.0 Å². The maximum atomic E-state index is 13.9. The minimum atomic E-state index is -1.28. The Morgan fingerprint density at radius 2 is 1.62 bits per heavy atom. The highest BCUT2D eigenvalue weighted by Gasteiger charge is 2.56. The monoisotopic (exact) mass is 851 g/mol. The Morgan fingerprint density at radius 3 is 2.38 bits per heavy atom. The van der Waals surface area contributed by atoms with E-state index < -0.39 is 35.1 Å². The zero-order valence-corrected chi connectivity index (χ0v) is 35.3. The maximum absolute atomic E-state index is 13.9. The Bertz CT molecular complexity index is 2700. The zero-order valence-electron chi connectivity index (χ0n) is 35.3. The van der Waals surface area contributed by atoms with E-state index in [0.717, 1.165) is 63.5 Å². The minimum absolute atomic E-state index is 0.0169. The number of H-pyrrole nitrogens is 2. The summed E-state index contributed by atoms with van der Waals surface area (Å²) in [5.41, 5.74) is 5.74. The first kappa shape index (κ1) is 41.8. The second-order valence-corrected chi connectivity index (χ2v) is 16.6. The lowest BCUT2D eigenvalue weighted by Crippen LogP contribution is -2.67. The molecule has 0 spiro atoms. The number of nitrogens with one attached hydrogen (secondary N) is 3. The number of alkyl carbamates (subject to hydrolysis) is 1. The van der Waals surface area contributed by atoms with Crippen LogP contribution in [0.2, 0.25) is 0 Å². The van der Waals surface area contributed by atoms with Crippen molar-refractivity contribution in [3.8, 4) is 23.1 Å². The van der Waals surface area contributed by atoms with Gasteiger partial charge in [0.2, 0.25) is 0 Å². The molecule has 63 heavy (non-hydrogen) atoms. The topological polar surface area (TPSA) is 186 Å². The van der Waals surface area contributed by atoms with Gasteiger partial charge in [0.1, 0.15) is 23.7 Å². The smallest absolute Gasteiger partial charge is 0.453 e. The number of fused-ring (bicyclic) bond motifs is 3. The summed E-state index contributed by atoms with van der Waals surface area (Å²) < 4.78 is 9.18. The van der Waals surface area contributed by atoms with Crippen molar-refractivity contribution in [2.45, 2.75) is 69.6 Å². The van der Waals surface area contributed by atoms with E-state index in [1.54, 1.807) is 16.1 Å². The average molecular weight is 852 g/mol. The van der Waals surface area contributed by atoms with Crippen LogP contribution in [0.3, 0.4) is 0 Å². The van der Waals surface area contributed by atoms with E-state index in [0.29, 0.717) is 62.8 Å². The number of hydrogen-bond acceptors (Lipinski definition) is 9. The van der Waals surface area contributed by atoms with Crippen molar-refractivity contribution < 1.29 is 38.9 Å². The third kappa shape index (κ3) is 8.14. The van der Waals surface area contributed by atoms with Crippen LogP contribution in [0.25, 0.3) is 33.1 Å². The number of nitrogens with zero attached hydrogens (tertiary/aromatic N) is 5. The Labute approximate surface area is 364 Å². The number of amides is 3. The summed E-state index contributed by atoms with van der Waals surface area (Å²) in [7, 11) is 1.28. The van der Waals surface area contributed by atoms with Crippen molar-refractivity contribution >= 4 is 39.9 Å². The van der Waals surface area contributed by atoms with Crippen LogP contribution >= 0.6 is 0 Å². The van der Waals surface area contributed by atoms with Gasteiger partial charge in [-0.1, -0.05) is 66.4 Å². The van der Waals surface area contributed by atoms with Crippen molar-refractivity contribution in [1.29, 1.82) is 0 Å². The SMILES string of the molecule is COC(=O)NC(C(=O)N1CCCC1c1ncc(-c2ccc(C#Cc3ccc4c(ccc5[nH]c(C6CCCN6[N+](O)(C(=O)O)C(C)C6CCOCC6)nc54)c3)cc2)[nH]1)c1ccccc1. The second-order valence-electron chi connectivity index (χ2n) is 16.6. The van der Waals surface area contributed by atoms with Crippen LogP contribution in [0.5, 0.6) is 0 Å². The van der Waals surface area contributed by atoms with E-state index in [9.17, 15) is 24.7 Å². The van der Waals surface area contributed by atoms with Gasteiger partial charge in [0, 0.05) is 42.2 Å². The lowest BCUT2D eigenvalue weighted by Gasteiger charge is -2.42. The number of hydroxylamine groups is 2. The highest BCUT2D eigenvalue weighted by molar-refractivity contribution is 6.04. The van der Waals surface area contributed by atoms with Gasteiger partial charge in [0.25, 0.3) is 5.91 Å². The maximum Gasteiger partial charge on any atom is 0.568 e. The van der Waals surface area contributed by atoms with Gasteiger partial charge in [-0.15, -0.1) is 5.01 Å². The van der Waals surface area contributed by atoms with Crippen LogP contribution in [-0.2, 0) is 14.3 Å². The van der Waals surface area contributed by atoms with Crippen LogP contribution in [0.4, 0.5) is 9.59 Å². The van der Waals surface area contributed by atoms with Crippen LogP contribution in [0.15, 0.2) is 91.1 Å². The molecule has 6 aromatic rings. The second kappa shape index (κ2) is 17.7. The first-order valence-electron chi connectivity index (χ1n) is 21.6. The molecule has 0 radical (unpaired) electrons. The van der Waals surface area contributed by atoms with Gasteiger partial charge < -0.3 is 34.8 Å². The standard InChI is InChI=1S/C48H50N8O7/c1-30(33-22-26-63-27-23-33)56(61,48(59)60)55-25-7-11-41(55)45-50-38-21-19-36-28-32(16-20-37(36)43(38)52-45)13-12-31-14-17-34(18-15-31)39-29-49-44(51-39)40-10-6-24-54(40)46(57)42(53-47(58)62-2)35-8-4-3-5-9-35/h3-5,8-9,14-21,28-30,33,40-42,61H,6-7,10-11,22-27H2,1-2H3,(H3-,49,50,51,52,53,58,59,60)/p+1. The van der Waals surface area contributed by atoms with E-state index in [1.165, 1.54) is 7.11 Å². The van der Waals surface area contributed by atoms with Crippen molar-refractivity contribution in [2.24, 2.45) is 5.92 Å². The van der Waals surface area contributed by atoms with Crippen LogP contribution in [0, 0.1) is 17.8 Å².